The first-order chi connectivity index (χ1) is 10.2. The van der Waals surface area contributed by atoms with Gasteiger partial charge in [-0.3, -0.25) is 0 Å². The molecule has 110 valence electrons. The second kappa shape index (κ2) is 6.19. The molecule has 0 radical (unpaired) electrons. The normalized spacial score (nSPS) is 14.2. The van der Waals surface area contributed by atoms with Gasteiger partial charge in [-0.25, -0.2) is 0 Å². The predicted octanol–water partition coefficient (Wildman–Crippen LogP) is 3.44. The fraction of sp³-hybridized carbons (Fsp3) is 0.333. The van der Waals surface area contributed by atoms with Crippen molar-refractivity contribution >= 4 is 0 Å². The summed E-state index contributed by atoms with van der Waals surface area (Å²) in [6, 6.07) is 15.0. The van der Waals surface area contributed by atoms with E-state index in [1.807, 2.05) is 12.1 Å². The highest BCUT2D eigenvalue weighted by molar-refractivity contribution is 5.48. The molecule has 3 rings (SSSR count). The molecular formula is C18H21NO2. The summed E-state index contributed by atoms with van der Waals surface area (Å²) < 4.78 is 10.9. The fourth-order valence-electron chi connectivity index (χ4n) is 2.66. The molecule has 2 aromatic rings. The quantitative estimate of drug-likeness (QED) is 0.911. The maximum Gasteiger partial charge on any atom is 0.231 e. The Labute approximate surface area is 125 Å². The van der Waals surface area contributed by atoms with Crippen LogP contribution in [-0.2, 0) is 13.0 Å². The molecule has 1 aliphatic rings. The number of benzene rings is 2. The third kappa shape index (κ3) is 3.19. The van der Waals surface area contributed by atoms with Crippen molar-refractivity contribution < 1.29 is 9.47 Å². The molecule has 21 heavy (non-hydrogen) atoms. The average molecular weight is 283 g/mol. The Morgan fingerprint density at radius 3 is 2.71 bits per heavy atom. The summed E-state index contributed by atoms with van der Waals surface area (Å²) >= 11 is 0. The van der Waals surface area contributed by atoms with Gasteiger partial charge in [-0.1, -0.05) is 36.4 Å². The molecule has 0 bridgehead atoms. The minimum absolute atomic E-state index is 0.325. The Bertz CT molecular complexity index is 624. The Morgan fingerprint density at radius 1 is 1.05 bits per heavy atom. The second-order valence-corrected chi connectivity index (χ2v) is 5.56. The monoisotopic (exact) mass is 283 g/mol. The van der Waals surface area contributed by atoms with Gasteiger partial charge in [0.05, 0.1) is 0 Å². The van der Waals surface area contributed by atoms with E-state index in [2.05, 4.69) is 49.5 Å². The average Bonchev–Trinajstić information content (AvgIpc) is 2.96. The highest BCUT2D eigenvalue weighted by Crippen LogP contribution is 2.35. The number of rotatable bonds is 5. The van der Waals surface area contributed by atoms with E-state index < -0.39 is 0 Å². The number of para-hydroxylation sites is 1. The number of nitrogens with one attached hydrogen (secondary N) is 1. The van der Waals surface area contributed by atoms with Crippen molar-refractivity contribution in [2.75, 3.05) is 6.79 Å². The predicted molar refractivity (Wildman–Crippen MR) is 83.7 cm³/mol. The van der Waals surface area contributed by atoms with E-state index in [9.17, 15) is 0 Å². The van der Waals surface area contributed by atoms with Crippen LogP contribution in [0.3, 0.4) is 0 Å². The van der Waals surface area contributed by atoms with Gasteiger partial charge in [0.2, 0.25) is 6.79 Å². The SMILES string of the molecule is Cc1ccccc1CC(C)NCc1cccc2c1OCO2. The van der Waals surface area contributed by atoms with Crippen LogP contribution in [0.25, 0.3) is 0 Å². The molecule has 0 saturated carbocycles. The Balaban J connectivity index is 1.61. The molecule has 1 unspecified atom stereocenters. The highest BCUT2D eigenvalue weighted by atomic mass is 16.7. The van der Waals surface area contributed by atoms with E-state index in [0.717, 1.165) is 30.0 Å². The van der Waals surface area contributed by atoms with Gasteiger partial charge in [0.25, 0.3) is 0 Å². The smallest absolute Gasteiger partial charge is 0.231 e. The maximum atomic E-state index is 5.54. The first-order valence-electron chi connectivity index (χ1n) is 7.39. The van der Waals surface area contributed by atoms with Crippen LogP contribution in [0.1, 0.15) is 23.6 Å². The van der Waals surface area contributed by atoms with Crippen molar-refractivity contribution in [3.63, 3.8) is 0 Å². The van der Waals surface area contributed by atoms with E-state index >= 15 is 0 Å². The molecule has 1 N–H and O–H groups in total. The Hall–Kier alpha value is -2.00. The number of hydrogen-bond acceptors (Lipinski definition) is 3. The van der Waals surface area contributed by atoms with Gasteiger partial charge in [-0.2, -0.15) is 0 Å². The van der Waals surface area contributed by atoms with E-state index in [0.29, 0.717) is 12.8 Å². The first kappa shape index (κ1) is 14.0. The number of fused-ring (bicyclic) bond motifs is 1. The molecule has 1 aliphatic heterocycles. The van der Waals surface area contributed by atoms with Gasteiger partial charge in [0, 0.05) is 18.2 Å². The third-order valence-corrected chi connectivity index (χ3v) is 3.91. The summed E-state index contributed by atoms with van der Waals surface area (Å²) in [6.45, 7) is 5.50. The van der Waals surface area contributed by atoms with Crippen LogP contribution in [-0.4, -0.2) is 12.8 Å². The third-order valence-electron chi connectivity index (χ3n) is 3.91. The molecule has 2 aromatic carbocycles. The van der Waals surface area contributed by atoms with Crippen molar-refractivity contribution in [2.24, 2.45) is 0 Å². The lowest BCUT2D eigenvalue weighted by Crippen LogP contribution is -2.27. The van der Waals surface area contributed by atoms with Gasteiger partial charge < -0.3 is 14.8 Å². The number of hydrogen-bond donors (Lipinski definition) is 1. The molecule has 3 nitrogen and oxygen atoms in total. The van der Waals surface area contributed by atoms with Crippen LogP contribution in [0.15, 0.2) is 42.5 Å². The zero-order chi connectivity index (χ0) is 14.7. The molecule has 0 fully saturated rings. The maximum absolute atomic E-state index is 5.54. The van der Waals surface area contributed by atoms with Crippen LogP contribution in [0.2, 0.25) is 0 Å². The van der Waals surface area contributed by atoms with Crippen LogP contribution in [0.5, 0.6) is 11.5 Å². The summed E-state index contributed by atoms with van der Waals surface area (Å²) in [4.78, 5) is 0. The van der Waals surface area contributed by atoms with Crippen LogP contribution in [0, 0.1) is 6.92 Å². The van der Waals surface area contributed by atoms with Gasteiger partial charge >= 0.3 is 0 Å². The van der Waals surface area contributed by atoms with E-state index in [-0.39, 0.29) is 0 Å². The number of aryl methyl sites for hydroxylation is 1. The zero-order valence-corrected chi connectivity index (χ0v) is 12.6. The van der Waals surface area contributed by atoms with Gasteiger partial charge in [0.1, 0.15) is 0 Å². The van der Waals surface area contributed by atoms with Crippen molar-refractivity contribution in [1.29, 1.82) is 0 Å². The molecule has 0 amide bonds. The minimum Gasteiger partial charge on any atom is -0.454 e. The first-order valence-corrected chi connectivity index (χ1v) is 7.39. The molecule has 0 spiro atoms. The zero-order valence-electron chi connectivity index (χ0n) is 12.6. The Morgan fingerprint density at radius 2 is 1.86 bits per heavy atom. The standard InChI is InChI=1S/C18H21NO2/c1-13-6-3-4-7-15(13)10-14(2)19-11-16-8-5-9-17-18(16)21-12-20-17/h3-9,14,19H,10-12H2,1-2H3. The van der Waals surface area contributed by atoms with Crippen molar-refractivity contribution in [2.45, 2.75) is 32.9 Å². The lowest BCUT2D eigenvalue weighted by atomic mass is 10.0. The molecule has 1 heterocycles. The topological polar surface area (TPSA) is 30.5 Å². The van der Waals surface area contributed by atoms with Crippen molar-refractivity contribution in [1.82, 2.24) is 5.32 Å². The molecule has 0 aliphatic carbocycles. The Kier molecular flexibility index (Phi) is 4.11. The van der Waals surface area contributed by atoms with Crippen molar-refractivity contribution in [3.05, 3.63) is 59.2 Å². The molecule has 3 heteroatoms. The fourth-order valence-corrected chi connectivity index (χ4v) is 2.66. The van der Waals surface area contributed by atoms with Gasteiger partial charge in [-0.15, -0.1) is 0 Å². The second-order valence-electron chi connectivity index (χ2n) is 5.56. The molecule has 0 aromatic heterocycles. The van der Waals surface area contributed by atoms with Crippen molar-refractivity contribution in [3.8, 4) is 11.5 Å². The molecule has 0 saturated heterocycles. The minimum atomic E-state index is 0.325. The molecular weight excluding hydrogens is 262 g/mol. The summed E-state index contributed by atoms with van der Waals surface area (Å²) in [5.41, 5.74) is 3.90. The van der Waals surface area contributed by atoms with Crippen LogP contribution in [0.4, 0.5) is 0 Å². The van der Waals surface area contributed by atoms with Gasteiger partial charge in [-0.05, 0) is 37.5 Å². The van der Waals surface area contributed by atoms with Crippen LogP contribution >= 0.6 is 0 Å². The summed E-state index contributed by atoms with van der Waals surface area (Å²) in [5.74, 6) is 1.73. The van der Waals surface area contributed by atoms with E-state index in [1.165, 1.54) is 11.1 Å². The lowest BCUT2D eigenvalue weighted by molar-refractivity contribution is 0.173. The van der Waals surface area contributed by atoms with E-state index in [4.69, 9.17) is 9.47 Å². The summed E-state index contributed by atoms with van der Waals surface area (Å²) in [7, 11) is 0. The van der Waals surface area contributed by atoms with Gasteiger partial charge in [0.15, 0.2) is 11.5 Å². The summed E-state index contributed by atoms with van der Waals surface area (Å²) in [6.07, 6.45) is 1.03. The highest BCUT2D eigenvalue weighted by Gasteiger charge is 2.17. The van der Waals surface area contributed by atoms with Crippen LogP contribution < -0.4 is 14.8 Å². The number of ether oxygens (including phenoxy) is 2. The van der Waals surface area contributed by atoms with E-state index in [1.54, 1.807) is 0 Å². The molecule has 1 atom stereocenters. The lowest BCUT2D eigenvalue weighted by Gasteiger charge is -2.16. The summed E-state index contributed by atoms with van der Waals surface area (Å²) in [5, 5.41) is 3.57. The largest absolute Gasteiger partial charge is 0.454 e.